The highest BCUT2D eigenvalue weighted by molar-refractivity contribution is 6.30. The van der Waals surface area contributed by atoms with E-state index in [-0.39, 0.29) is 35.3 Å². The van der Waals surface area contributed by atoms with Crippen LogP contribution in [0.1, 0.15) is 32.1 Å². The minimum Gasteiger partial charge on any atom is -0.396 e. The van der Waals surface area contributed by atoms with Crippen molar-refractivity contribution < 1.29 is 18.7 Å². The molecule has 0 bridgehead atoms. The normalized spacial score (nSPS) is 18.6. The van der Waals surface area contributed by atoms with Gasteiger partial charge in [0.25, 0.3) is 0 Å². The van der Waals surface area contributed by atoms with Crippen LogP contribution in [0, 0.1) is 11.6 Å². The second-order valence-corrected chi connectivity index (χ2v) is 10.7. The summed E-state index contributed by atoms with van der Waals surface area (Å²) in [5, 5.41) is 12.9. The van der Waals surface area contributed by atoms with Crippen molar-refractivity contribution in [1.29, 1.82) is 0 Å². The molecule has 0 saturated carbocycles. The molecular formula is C28H33ClF2N6O2. The highest BCUT2D eigenvalue weighted by atomic mass is 35.5. The second-order valence-electron chi connectivity index (χ2n) is 10.2. The Hall–Kier alpha value is -3.08. The number of aliphatic hydroxyl groups excluding tert-OH is 1. The first-order chi connectivity index (χ1) is 18.8. The van der Waals surface area contributed by atoms with Crippen LogP contribution < -0.4 is 10.2 Å². The number of piperidine rings is 1. The van der Waals surface area contributed by atoms with Gasteiger partial charge in [0.1, 0.15) is 17.5 Å². The number of amides is 1. The van der Waals surface area contributed by atoms with Crippen LogP contribution in [0.15, 0.2) is 36.4 Å². The maximum atomic E-state index is 14.5. The van der Waals surface area contributed by atoms with Crippen LogP contribution in [-0.2, 0) is 4.79 Å². The third-order valence-corrected chi connectivity index (χ3v) is 7.96. The summed E-state index contributed by atoms with van der Waals surface area (Å²) in [6, 6.07) is 8.52. The number of hydrogen-bond acceptors (Lipinski definition) is 7. The lowest BCUT2D eigenvalue weighted by molar-refractivity contribution is -0.137. The summed E-state index contributed by atoms with van der Waals surface area (Å²) in [5.41, 5.74) is 0.713. The summed E-state index contributed by atoms with van der Waals surface area (Å²) in [5.74, 6) is -0.0785. The summed E-state index contributed by atoms with van der Waals surface area (Å²) >= 11 is 5.89. The van der Waals surface area contributed by atoms with Crippen LogP contribution in [0.4, 0.5) is 26.2 Å². The second kappa shape index (κ2) is 12.0. The number of benzene rings is 2. The van der Waals surface area contributed by atoms with E-state index < -0.39 is 11.6 Å². The molecule has 1 amide bonds. The summed E-state index contributed by atoms with van der Waals surface area (Å²) in [7, 11) is 1.88. The molecule has 0 spiro atoms. The highest BCUT2D eigenvalue weighted by Gasteiger charge is 2.35. The number of hydrogen-bond donors (Lipinski definition) is 2. The standard InChI is InChI=1S/C28H33ClF2N6O2/c1-35(27(39)25-4-2-11-36(25)12-3-15-38)20-9-13-37(14-10-20)28-33-23-8-6-19(30)17-21(23)26(34-28)32-24-7-5-18(29)16-22(24)31/h5-8,16-17,20,25,38H,2-4,9-15H2,1H3,(H,32,33,34). The predicted molar refractivity (Wildman–Crippen MR) is 148 cm³/mol. The molecule has 1 aromatic heterocycles. The Morgan fingerprint density at radius 2 is 1.92 bits per heavy atom. The van der Waals surface area contributed by atoms with Crippen molar-refractivity contribution in [2.45, 2.75) is 44.2 Å². The Morgan fingerprint density at radius 3 is 2.67 bits per heavy atom. The first kappa shape index (κ1) is 27.5. The van der Waals surface area contributed by atoms with E-state index >= 15 is 0 Å². The topological polar surface area (TPSA) is 84.8 Å². The van der Waals surface area contributed by atoms with E-state index in [0.29, 0.717) is 42.2 Å². The minimum absolute atomic E-state index is 0.101. The Kier molecular flexibility index (Phi) is 8.44. The molecule has 2 aliphatic rings. The van der Waals surface area contributed by atoms with E-state index in [1.54, 1.807) is 12.1 Å². The molecule has 3 aromatic rings. The van der Waals surface area contributed by atoms with Crippen LogP contribution >= 0.6 is 11.6 Å². The summed E-state index contributed by atoms with van der Waals surface area (Å²) < 4.78 is 28.6. The Labute approximate surface area is 231 Å². The van der Waals surface area contributed by atoms with Crippen molar-refractivity contribution in [2.75, 3.05) is 50.1 Å². The zero-order valence-corrected chi connectivity index (χ0v) is 22.7. The summed E-state index contributed by atoms with van der Waals surface area (Å²) in [6.45, 7) is 3.04. The maximum absolute atomic E-state index is 14.5. The number of carbonyl (C=O) groups is 1. The lowest BCUT2D eigenvalue weighted by atomic mass is 10.0. The average molecular weight is 559 g/mol. The molecule has 11 heteroatoms. The quantitative estimate of drug-likeness (QED) is 0.419. The Morgan fingerprint density at radius 1 is 1.13 bits per heavy atom. The predicted octanol–water partition coefficient (Wildman–Crippen LogP) is 4.58. The number of anilines is 3. The number of aromatic nitrogens is 2. The molecule has 3 heterocycles. The summed E-state index contributed by atoms with van der Waals surface area (Å²) in [6.07, 6.45) is 4.03. The van der Waals surface area contributed by atoms with Gasteiger partial charge in [0, 0.05) is 49.7 Å². The number of likely N-dealkylation sites (tertiary alicyclic amines) is 1. The Balaban J connectivity index is 1.31. The van der Waals surface area contributed by atoms with Gasteiger partial charge in [0.2, 0.25) is 11.9 Å². The smallest absolute Gasteiger partial charge is 0.239 e. The van der Waals surface area contributed by atoms with Gasteiger partial charge in [0.15, 0.2) is 0 Å². The van der Waals surface area contributed by atoms with Crippen molar-refractivity contribution in [3.05, 3.63) is 53.1 Å². The molecule has 1 atom stereocenters. The number of nitrogens with zero attached hydrogens (tertiary/aromatic N) is 5. The van der Waals surface area contributed by atoms with Crippen molar-refractivity contribution in [3.8, 4) is 0 Å². The van der Waals surface area contributed by atoms with Crippen molar-refractivity contribution in [1.82, 2.24) is 19.8 Å². The van der Waals surface area contributed by atoms with Gasteiger partial charge in [-0.25, -0.2) is 13.8 Å². The van der Waals surface area contributed by atoms with Crippen LogP contribution in [0.5, 0.6) is 0 Å². The fourth-order valence-electron chi connectivity index (χ4n) is 5.56. The van der Waals surface area contributed by atoms with E-state index in [1.807, 2.05) is 16.8 Å². The molecule has 2 N–H and O–H groups in total. The van der Waals surface area contributed by atoms with E-state index in [0.717, 1.165) is 38.8 Å². The molecule has 0 radical (unpaired) electrons. The number of carbonyl (C=O) groups excluding carboxylic acids is 1. The van der Waals surface area contributed by atoms with Gasteiger partial charge in [0.05, 0.1) is 17.2 Å². The molecule has 5 rings (SSSR count). The molecule has 2 saturated heterocycles. The molecular weight excluding hydrogens is 526 g/mol. The van der Waals surface area contributed by atoms with E-state index in [1.165, 1.54) is 24.3 Å². The average Bonchev–Trinajstić information content (AvgIpc) is 3.41. The number of fused-ring (bicyclic) bond motifs is 1. The third kappa shape index (κ3) is 6.08. The van der Waals surface area contributed by atoms with Gasteiger partial charge < -0.3 is 20.2 Å². The van der Waals surface area contributed by atoms with E-state index in [9.17, 15) is 18.7 Å². The van der Waals surface area contributed by atoms with Crippen molar-refractivity contribution in [2.24, 2.45) is 0 Å². The van der Waals surface area contributed by atoms with Crippen LogP contribution in [0.2, 0.25) is 5.02 Å². The zero-order chi connectivity index (χ0) is 27.5. The van der Waals surface area contributed by atoms with Gasteiger partial charge in [-0.1, -0.05) is 11.6 Å². The third-order valence-electron chi connectivity index (χ3n) is 7.73. The zero-order valence-electron chi connectivity index (χ0n) is 21.9. The van der Waals surface area contributed by atoms with Crippen molar-refractivity contribution >= 4 is 45.9 Å². The molecule has 2 fully saturated rings. The lowest BCUT2D eigenvalue weighted by Gasteiger charge is -2.38. The monoisotopic (exact) mass is 558 g/mol. The first-order valence-corrected chi connectivity index (χ1v) is 13.8. The number of aliphatic hydroxyl groups is 1. The van der Waals surface area contributed by atoms with Gasteiger partial charge in [-0.05, 0) is 75.0 Å². The fourth-order valence-corrected chi connectivity index (χ4v) is 5.72. The van der Waals surface area contributed by atoms with Crippen LogP contribution in [-0.4, -0.2) is 82.7 Å². The molecule has 1 unspecified atom stereocenters. The van der Waals surface area contributed by atoms with Gasteiger partial charge in [-0.2, -0.15) is 4.98 Å². The van der Waals surface area contributed by atoms with Gasteiger partial charge >= 0.3 is 0 Å². The van der Waals surface area contributed by atoms with E-state index in [4.69, 9.17) is 11.6 Å². The van der Waals surface area contributed by atoms with Crippen LogP contribution in [0.25, 0.3) is 10.9 Å². The molecule has 39 heavy (non-hydrogen) atoms. The molecule has 2 aromatic carbocycles. The number of likely N-dealkylation sites (N-methyl/N-ethyl adjacent to an activating group) is 1. The lowest BCUT2D eigenvalue weighted by Crippen LogP contribution is -2.51. The summed E-state index contributed by atoms with van der Waals surface area (Å²) in [4.78, 5) is 28.8. The highest BCUT2D eigenvalue weighted by Crippen LogP contribution is 2.31. The number of nitrogens with one attached hydrogen (secondary N) is 1. The number of rotatable bonds is 8. The van der Waals surface area contributed by atoms with Gasteiger partial charge in [-0.3, -0.25) is 9.69 Å². The van der Waals surface area contributed by atoms with Crippen LogP contribution in [0.3, 0.4) is 0 Å². The molecule has 2 aliphatic heterocycles. The van der Waals surface area contributed by atoms with Gasteiger partial charge in [-0.15, -0.1) is 0 Å². The van der Waals surface area contributed by atoms with E-state index in [2.05, 4.69) is 20.2 Å². The number of halogens is 3. The Bertz CT molecular complexity index is 1340. The molecule has 0 aliphatic carbocycles. The maximum Gasteiger partial charge on any atom is 0.239 e. The largest absolute Gasteiger partial charge is 0.396 e. The molecule has 8 nitrogen and oxygen atoms in total. The fraction of sp³-hybridized carbons (Fsp3) is 0.464. The minimum atomic E-state index is -0.544. The SMILES string of the molecule is CN(C(=O)C1CCCN1CCCO)C1CCN(c2nc(Nc3ccc(Cl)cc3F)c3cc(F)ccc3n2)CC1. The van der Waals surface area contributed by atoms with Crippen molar-refractivity contribution in [3.63, 3.8) is 0 Å². The molecule has 208 valence electrons. The first-order valence-electron chi connectivity index (χ1n) is 13.4.